The number of rotatable bonds is 5. The van der Waals surface area contributed by atoms with Crippen LogP contribution in [0.25, 0.3) is 64.3 Å². The maximum Gasteiger partial charge on any atom is 0.0640 e. The fourth-order valence-corrected chi connectivity index (χ4v) is 9.73. The first kappa shape index (κ1) is 29.9. The van der Waals surface area contributed by atoms with Crippen molar-refractivity contribution in [3.05, 3.63) is 187 Å². The van der Waals surface area contributed by atoms with E-state index in [-0.39, 0.29) is 5.41 Å². The van der Waals surface area contributed by atoms with E-state index in [2.05, 4.69) is 195 Å². The molecule has 9 aromatic rings. The maximum atomic E-state index is 2.51. The van der Waals surface area contributed by atoms with Crippen molar-refractivity contribution in [1.29, 1.82) is 0 Å². The van der Waals surface area contributed by atoms with Crippen LogP contribution in [0.4, 0.5) is 17.1 Å². The highest BCUT2D eigenvalue weighted by Gasteiger charge is 2.36. The second-order valence-corrected chi connectivity index (χ2v) is 15.1. The zero-order valence-corrected chi connectivity index (χ0v) is 29.4. The van der Waals surface area contributed by atoms with Gasteiger partial charge in [0.15, 0.2) is 0 Å². The number of hydrogen-bond acceptors (Lipinski definition) is 2. The zero-order chi connectivity index (χ0) is 34.1. The lowest BCUT2D eigenvalue weighted by molar-refractivity contribution is 0.660. The molecule has 0 amide bonds. The van der Waals surface area contributed by atoms with Gasteiger partial charge in [0.1, 0.15) is 0 Å². The summed E-state index contributed by atoms with van der Waals surface area (Å²) in [5, 5.41) is 5.17. The van der Waals surface area contributed by atoms with Crippen LogP contribution in [-0.4, -0.2) is 0 Å². The minimum atomic E-state index is -0.108. The summed E-state index contributed by atoms with van der Waals surface area (Å²) in [5.41, 5.74) is 13.8. The summed E-state index contributed by atoms with van der Waals surface area (Å²) in [5.74, 6) is 0. The Morgan fingerprint density at radius 2 is 0.961 bits per heavy atom. The Balaban J connectivity index is 1.27. The van der Waals surface area contributed by atoms with E-state index in [1.54, 1.807) is 0 Å². The first-order valence-corrected chi connectivity index (χ1v) is 18.5. The number of fused-ring (bicyclic) bond motifs is 8. The predicted molar refractivity (Wildman–Crippen MR) is 220 cm³/mol. The molecule has 1 aliphatic rings. The summed E-state index contributed by atoms with van der Waals surface area (Å²) in [7, 11) is 0. The molecule has 2 heteroatoms. The minimum Gasteiger partial charge on any atom is -0.308 e. The van der Waals surface area contributed by atoms with Gasteiger partial charge in [0.05, 0.1) is 16.1 Å². The average molecular weight is 670 g/mol. The molecular weight excluding hydrogens is 635 g/mol. The molecule has 0 saturated carbocycles. The van der Waals surface area contributed by atoms with Crippen molar-refractivity contribution in [2.75, 3.05) is 4.90 Å². The van der Waals surface area contributed by atoms with Gasteiger partial charge in [0.2, 0.25) is 0 Å². The quantitative estimate of drug-likeness (QED) is 0.176. The molecule has 0 fully saturated rings. The SMILES string of the molecule is CC1(C)c2ccccc2-c2ccc(N(c3ccccc3-c3ccccc3)c3cccc4c3sc3c5ccccc5c(-c5ccccc5)cc43)cc21. The van der Waals surface area contributed by atoms with E-state index < -0.39 is 0 Å². The molecule has 0 N–H and O–H groups in total. The Kier molecular flexibility index (Phi) is 6.78. The highest BCUT2D eigenvalue weighted by molar-refractivity contribution is 7.27. The molecule has 1 aromatic heterocycles. The molecule has 242 valence electrons. The third-order valence-corrected chi connectivity index (χ3v) is 12.1. The monoisotopic (exact) mass is 669 g/mol. The van der Waals surface area contributed by atoms with Crippen molar-refractivity contribution in [2.45, 2.75) is 19.3 Å². The number of anilines is 3. The Morgan fingerprint density at radius 1 is 0.392 bits per heavy atom. The third-order valence-electron chi connectivity index (χ3n) is 10.9. The van der Waals surface area contributed by atoms with E-state index in [0.717, 1.165) is 11.4 Å². The average Bonchev–Trinajstić information content (AvgIpc) is 3.68. The largest absolute Gasteiger partial charge is 0.308 e. The molecule has 0 saturated heterocycles. The van der Waals surface area contributed by atoms with Crippen LogP contribution in [0.2, 0.25) is 0 Å². The number of thiophene rings is 1. The number of para-hydroxylation sites is 1. The Labute approximate surface area is 302 Å². The molecule has 1 heterocycles. The second-order valence-electron chi connectivity index (χ2n) is 14.1. The van der Waals surface area contributed by atoms with Crippen molar-refractivity contribution in [2.24, 2.45) is 0 Å². The highest BCUT2D eigenvalue weighted by atomic mass is 32.1. The zero-order valence-electron chi connectivity index (χ0n) is 28.6. The van der Waals surface area contributed by atoms with Gasteiger partial charge in [-0.3, -0.25) is 0 Å². The summed E-state index contributed by atoms with van der Waals surface area (Å²) in [6.45, 7) is 4.73. The molecule has 0 unspecified atom stereocenters. The normalized spacial score (nSPS) is 13.1. The van der Waals surface area contributed by atoms with Crippen molar-refractivity contribution in [3.63, 3.8) is 0 Å². The van der Waals surface area contributed by atoms with Gasteiger partial charge >= 0.3 is 0 Å². The molecule has 1 nitrogen and oxygen atoms in total. The highest BCUT2D eigenvalue weighted by Crippen LogP contribution is 2.53. The van der Waals surface area contributed by atoms with Crippen LogP contribution in [0, 0.1) is 0 Å². The van der Waals surface area contributed by atoms with Gasteiger partial charge in [-0.25, -0.2) is 0 Å². The summed E-state index contributed by atoms with van der Waals surface area (Å²) < 4.78 is 2.61. The van der Waals surface area contributed by atoms with E-state index in [0.29, 0.717) is 0 Å². The van der Waals surface area contributed by atoms with Gasteiger partial charge in [-0.2, -0.15) is 0 Å². The van der Waals surface area contributed by atoms with Crippen LogP contribution in [0.3, 0.4) is 0 Å². The Hall–Kier alpha value is -5.96. The predicted octanol–water partition coefficient (Wildman–Crippen LogP) is 14.3. The van der Waals surface area contributed by atoms with E-state index in [1.165, 1.54) is 81.1 Å². The Bertz CT molecular complexity index is 2770. The van der Waals surface area contributed by atoms with Crippen LogP contribution >= 0.6 is 11.3 Å². The summed E-state index contributed by atoms with van der Waals surface area (Å²) >= 11 is 1.91. The summed E-state index contributed by atoms with van der Waals surface area (Å²) in [4.78, 5) is 2.51. The van der Waals surface area contributed by atoms with Gasteiger partial charge in [0, 0.05) is 37.5 Å². The van der Waals surface area contributed by atoms with Crippen LogP contribution < -0.4 is 4.90 Å². The lowest BCUT2D eigenvalue weighted by Crippen LogP contribution is -2.17. The molecule has 51 heavy (non-hydrogen) atoms. The molecule has 1 aliphatic carbocycles. The van der Waals surface area contributed by atoms with Crippen molar-refractivity contribution in [1.82, 2.24) is 0 Å². The van der Waals surface area contributed by atoms with E-state index in [4.69, 9.17) is 0 Å². The first-order valence-electron chi connectivity index (χ1n) is 17.7. The van der Waals surface area contributed by atoms with Gasteiger partial charge in [-0.05, 0) is 74.7 Å². The van der Waals surface area contributed by atoms with Crippen LogP contribution in [0.15, 0.2) is 176 Å². The lowest BCUT2D eigenvalue weighted by atomic mass is 9.82. The van der Waals surface area contributed by atoms with E-state index in [9.17, 15) is 0 Å². The van der Waals surface area contributed by atoms with Gasteiger partial charge in [-0.1, -0.05) is 159 Å². The lowest BCUT2D eigenvalue weighted by Gasteiger charge is -2.30. The van der Waals surface area contributed by atoms with Crippen LogP contribution in [0.5, 0.6) is 0 Å². The van der Waals surface area contributed by atoms with Crippen molar-refractivity contribution < 1.29 is 0 Å². The van der Waals surface area contributed by atoms with Gasteiger partial charge in [-0.15, -0.1) is 11.3 Å². The van der Waals surface area contributed by atoms with Gasteiger partial charge in [0.25, 0.3) is 0 Å². The maximum absolute atomic E-state index is 2.51. The fourth-order valence-electron chi connectivity index (χ4n) is 8.41. The van der Waals surface area contributed by atoms with E-state index in [1.807, 2.05) is 11.3 Å². The van der Waals surface area contributed by atoms with E-state index >= 15 is 0 Å². The Morgan fingerprint density at radius 3 is 1.75 bits per heavy atom. The van der Waals surface area contributed by atoms with Gasteiger partial charge < -0.3 is 4.90 Å². The van der Waals surface area contributed by atoms with Crippen molar-refractivity contribution >= 4 is 59.3 Å². The smallest absolute Gasteiger partial charge is 0.0640 e. The number of nitrogens with zero attached hydrogens (tertiary/aromatic N) is 1. The standard InChI is InChI=1S/C49H35NS/c1-49(2)43-25-13-11-22-37(43)38-29-28-34(30-44(38)49)50(45-26-14-12-20-35(45)32-16-5-3-6-17-32)46-27-15-24-40-42-31-41(33-18-7-4-8-19-33)36-21-9-10-23-39(36)47(42)51-48(40)46/h3-31H,1-2H3. The molecule has 10 rings (SSSR count). The summed E-state index contributed by atoms with van der Waals surface area (Å²) in [6.07, 6.45) is 0. The first-order chi connectivity index (χ1) is 25.1. The molecule has 0 aliphatic heterocycles. The van der Waals surface area contributed by atoms with Crippen LogP contribution in [-0.2, 0) is 5.41 Å². The summed E-state index contributed by atoms with van der Waals surface area (Å²) in [6, 6.07) is 64.7. The fraction of sp³-hybridized carbons (Fsp3) is 0.0612. The molecule has 0 bridgehead atoms. The molecule has 0 spiro atoms. The topological polar surface area (TPSA) is 3.24 Å². The third kappa shape index (κ3) is 4.60. The minimum absolute atomic E-state index is 0.108. The van der Waals surface area contributed by atoms with Crippen LogP contribution in [0.1, 0.15) is 25.0 Å². The number of hydrogen-bond donors (Lipinski definition) is 0. The second kappa shape index (κ2) is 11.6. The molecule has 0 radical (unpaired) electrons. The number of benzene rings is 8. The van der Waals surface area contributed by atoms with Crippen molar-refractivity contribution in [3.8, 4) is 33.4 Å². The molecule has 8 aromatic carbocycles. The molecule has 0 atom stereocenters. The molecular formula is C49H35NS.